The Bertz CT molecular complexity index is 642. The van der Waals surface area contributed by atoms with Gasteiger partial charge in [0.15, 0.2) is 11.5 Å². The largest absolute Gasteiger partial charge is 0.493 e. The summed E-state index contributed by atoms with van der Waals surface area (Å²) in [7, 11) is 1.64. The maximum absolute atomic E-state index is 12.1. The average Bonchev–Trinajstić information content (AvgIpc) is 2.84. The highest BCUT2D eigenvalue weighted by Crippen LogP contribution is 2.28. The van der Waals surface area contributed by atoms with E-state index < -0.39 is 0 Å². The van der Waals surface area contributed by atoms with Crippen molar-refractivity contribution in [3.63, 3.8) is 0 Å². The number of carbonyl (C=O) groups is 1. The maximum atomic E-state index is 12.1. The van der Waals surface area contributed by atoms with Crippen LogP contribution in [-0.2, 0) is 11.3 Å². The van der Waals surface area contributed by atoms with Gasteiger partial charge in [-0.3, -0.25) is 4.79 Å². The van der Waals surface area contributed by atoms with Crippen LogP contribution < -0.4 is 14.8 Å². The zero-order valence-electron chi connectivity index (χ0n) is 21.6. The van der Waals surface area contributed by atoms with E-state index in [2.05, 4.69) is 31.3 Å². The molecule has 0 radical (unpaired) electrons. The SMILES string of the molecule is CCCCCC/C=C\CCCCCCCCCC(=O)NCc1ccc(OCCC)c(OC)c1. The topological polar surface area (TPSA) is 47.6 Å². The highest BCUT2D eigenvalue weighted by molar-refractivity contribution is 5.75. The van der Waals surface area contributed by atoms with Crippen molar-refractivity contribution in [2.24, 2.45) is 0 Å². The highest BCUT2D eigenvalue weighted by atomic mass is 16.5. The predicted octanol–water partition coefficient (Wildman–Crippen LogP) is 8.14. The summed E-state index contributed by atoms with van der Waals surface area (Å²) in [6, 6.07) is 5.84. The highest BCUT2D eigenvalue weighted by Gasteiger charge is 2.07. The average molecular weight is 460 g/mol. The van der Waals surface area contributed by atoms with Gasteiger partial charge >= 0.3 is 0 Å². The van der Waals surface area contributed by atoms with Crippen LogP contribution in [0.5, 0.6) is 11.5 Å². The Labute approximate surface area is 203 Å². The van der Waals surface area contributed by atoms with Crippen molar-refractivity contribution < 1.29 is 14.3 Å². The summed E-state index contributed by atoms with van der Waals surface area (Å²) in [5.41, 5.74) is 1.02. The molecule has 0 spiro atoms. The van der Waals surface area contributed by atoms with E-state index in [1.165, 1.54) is 70.6 Å². The van der Waals surface area contributed by atoms with Gasteiger partial charge in [0.2, 0.25) is 5.91 Å². The first-order chi connectivity index (χ1) is 16.2. The molecule has 0 unspecified atom stereocenters. The minimum Gasteiger partial charge on any atom is -0.493 e. The number of hydrogen-bond acceptors (Lipinski definition) is 3. The number of unbranched alkanes of at least 4 members (excludes halogenated alkanes) is 11. The zero-order valence-corrected chi connectivity index (χ0v) is 21.6. The lowest BCUT2D eigenvalue weighted by atomic mass is 10.1. The molecule has 0 heterocycles. The summed E-state index contributed by atoms with van der Waals surface area (Å²) >= 11 is 0. The molecule has 0 bridgehead atoms. The second kappa shape index (κ2) is 20.6. The molecule has 0 saturated carbocycles. The molecular formula is C29H49NO3. The van der Waals surface area contributed by atoms with Crippen molar-refractivity contribution in [1.29, 1.82) is 0 Å². The molecule has 0 aliphatic carbocycles. The molecule has 0 aliphatic heterocycles. The van der Waals surface area contributed by atoms with Crippen molar-refractivity contribution in [2.45, 2.75) is 117 Å². The van der Waals surface area contributed by atoms with Gasteiger partial charge < -0.3 is 14.8 Å². The number of allylic oxidation sites excluding steroid dienone is 2. The van der Waals surface area contributed by atoms with Crippen LogP contribution in [0.25, 0.3) is 0 Å². The minimum absolute atomic E-state index is 0.127. The lowest BCUT2D eigenvalue weighted by Gasteiger charge is -2.12. The fraction of sp³-hybridized carbons (Fsp3) is 0.690. The van der Waals surface area contributed by atoms with E-state index in [0.717, 1.165) is 30.6 Å². The predicted molar refractivity (Wildman–Crippen MR) is 140 cm³/mol. The molecule has 4 nitrogen and oxygen atoms in total. The summed E-state index contributed by atoms with van der Waals surface area (Å²) in [5.74, 6) is 1.60. The number of ether oxygens (including phenoxy) is 2. The molecular weight excluding hydrogens is 410 g/mol. The molecule has 0 aromatic heterocycles. The van der Waals surface area contributed by atoms with Gasteiger partial charge in [0.25, 0.3) is 0 Å². The van der Waals surface area contributed by atoms with Gasteiger partial charge in [-0.05, 0) is 56.2 Å². The molecule has 0 aliphatic rings. The van der Waals surface area contributed by atoms with Crippen LogP contribution in [0.2, 0.25) is 0 Å². The molecule has 1 N–H and O–H groups in total. The van der Waals surface area contributed by atoms with Crippen molar-refractivity contribution in [2.75, 3.05) is 13.7 Å². The number of rotatable bonds is 21. The Morgan fingerprint density at radius 2 is 1.45 bits per heavy atom. The second-order valence-electron chi connectivity index (χ2n) is 8.94. The van der Waals surface area contributed by atoms with Crippen molar-refractivity contribution in [3.05, 3.63) is 35.9 Å². The molecule has 4 heteroatoms. The number of carbonyl (C=O) groups excluding carboxylic acids is 1. The van der Waals surface area contributed by atoms with Gasteiger partial charge in [0.05, 0.1) is 13.7 Å². The fourth-order valence-electron chi connectivity index (χ4n) is 3.80. The third kappa shape index (κ3) is 15.5. The number of nitrogens with one attached hydrogen (secondary N) is 1. The molecule has 33 heavy (non-hydrogen) atoms. The van der Waals surface area contributed by atoms with E-state index in [9.17, 15) is 4.79 Å². The smallest absolute Gasteiger partial charge is 0.220 e. The summed E-state index contributed by atoms with van der Waals surface area (Å²) in [4.78, 5) is 12.1. The van der Waals surface area contributed by atoms with Gasteiger partial charge in [0, 0.05) is 13.0 Å². The quantitative estimate of drug-likeness (QED) is 0.149. The van der Waals surface area contributed by atoms with Crippen LogP contribution in [0.1, 0.15) is 116 Å². The Kier molecular flexibility index (Phi) is 18.2. The van der Waals surface area contributed by atoms with Gasteiger partial charge in [0.1, 0.15) is 0 Å². The molecule has 188 valence electrons. The number of hydrogen-bond donors (Lipinski definition) is 1. The van der Waals surface area contributed by atoms with E-state index in [1.807, 2.05) is 18.2 Å². The first-order valence-electron chi connectivity index (χ1n) is 13.4. The second-order valence-corrected chi connectivity index (χ2v) is 8.94. The fourth-order valence-corrected chi connectivity index (χ4v) is 3.80. The van der Waals surface area contributed by atoms with Crippen LogP contribution in [0, 0.1) is 0 Å². The Morgan fingerprint density at radius 1 is 0.818 bits per heavy atom. The molecule has 1 rings (SSSR count). The van der Waals surface area contributed by atoms with Crippen molar-refractivity contribution in [1.82, 2.24) is 5.32 Å². The van der Waals surface area contributed by atoms with Crippen molar-refractivity contribution >= 4 is 5.91 Å². The van der Waals surface area contributed by atoms with Crippen LogP contribution >= 0.6 is 0 Å². The number of benzene rings is 1. The van der Waals surface area contributed by atoms with Crippen LogP contribution in [0.15, 0.2) is 30.4 Å². The monoisotopic (exact) mass is 459 g/mol. The van der Waals surface area contributed by atoms with E-state index in [4.69, 9.17) is 9.47 Å². The van der Waals surface area contributed by atoms with Gasteiger partial charge in [-0.1, -0.05) is 83.4 Å². The number of amides is 1. The third-order valence-corrected chi connectivity index (χ3v) is 5.85. The summed E-state index contributed by atoms with van der Waals surface area (Å²) < 4.78 is 11.1. The lowest BCUT2D eigenvalue weighted by Crippen LogP contribution is -2.22. The summed E-state index contributed by atoms with van der Waals surface area (Å²) in [6.45, 7) is 5.53. The first-order valence-corrected chi connectivity index (χ1v) is 13.4. The van der Waals surface area contributed by atoms with Gasteiger partial charge in [-0.2, -0.15) is 0 Å². The molecule has 0 fully saturated rings. The van der Waals surface area contributed by atoms with Crippen LogP contribution in [0.3, 0.4) is 0 Å². The maximum Gasteiger partial charge on any atom is 0.220 e. The van der Waals surface area contributed by atoms with E-state index in [0.29, 0.717) is 25.3 Å². The standard InChI is InChI=1S/C29H49NO3/c1-4-6-7-8-9-10-11-12-13-14-15-16-17-18-19-20-29(31)30-25-26-21-22-27(33-23-5-2)28(24-26)32-3/h10-11,21-22,24H,4-9,12-20,23,25H2,1-3H3,(H,30,31)/b11-10-. The van der Waals surface area contributed by atoms with E-state index >= 15 is 0 Å². The van der Waals surface area contributed by atoms with E-state index in [1.54, 1.807) is 7.11 Å². The molecule has 1 aromatic rings. The lowest BCUT2D eigenvalue weighted by molar-refractivity contribution is -0.121. The molecule has 1 aromatic carbocycles. The summed E-state index contributed by atoms with van der Waals surface area (Å²) in [6.07, 6.45) is 22.8. The molecule has 0 atom stereocenters. The van der Waals surface area contributed by atoms with Crippen LogP contribution in [0.4, 0.5) is 0 Å². The van der Waals surface area contributed by atoms with E-state index in [-0.39, 0.29) is 5.91 Å². The molecule has 0 saturated heterocycles. The number of methoxy groups -OCH3 is 1. The van der Waals surface area contributed by atoms with Gasteiger partial charge in [-0.15, -0.1) is 0 Å². The van der Waals surface area contributed by atoms with Gasteiger partial charge in [-0.25, -0.2) is 0 Å². The zero-order chi connectivity index (χ0) is 24.0. The Morgan fingerprint density at radius 3 is 2.09 bits per heavy atom. The van der Waals surface area contributed by atoms with Crippen LogP contribution in [-0.4, -0.2) is 19.6 Å². The Balaban J connectivity index is 2.00. The normalized spacial score (nSPS) is 11.1. The third-order valence-electron chi connectivity index (χ3n) is 5.85. The Hall–Kier alpha value is -1.97. The first kappa shape index (κ1) is 29.1. The molecule has 1 amide bonds. The van der Waals surface area contributed by atoms with Crippen molar-refractivity contribution in [3.8, 4) is 11.5 Å². The minimum atomic E-state index is 0.127. The summed E-state index contributed by atoms with van der Waals surface area (Å²) in [5, 5.41) is 3.02.